The number of rotatable bonds is 5. The van der Waals surface area contributed by atoms with Crippen molar-refractivity contribution in [3.8, 4) is 0 Å². The van der Waals surface area contributed by atoms with Gasteiger partial charge in [-0.05, 0) is 44.7 Å². The molecule has 6 heteroatoms. The van der Waals surface area contributed by atoms with E-state index in [9.17, 15) is 0 Å². The van der Waals surface area contributed by atoms with Gasteiger partial charge in [0.25, 0.3) is 0 Å². The van der Waals surface area contributed by atoms with Crippen molar-refractivity contribution < 1.29 is 0 Å². The molecule has 2 heterocycles. The highest BCUT2D eigenvalue weighted by molar-refractivity contribution is 7.18. The van der Waals surface area contributed by atoms with Gasteiger partial charge in [0.05, 0.1) is 11.9 Å². The van der Waals surface area contributed by atoms with Crippen molar-refractivity contribution in [1.82, 2.24) is 14.9 Å². The summed E-state index contributed by atoms with van der Waals surface area (Å²) in [6.45, 7) is 8.41. The van der Waals surface area contributed by atoms with Crippen LogP contribution in [0.1, 0.15) is 29.6 Å². The number of hydrogen-bond donors (Lipinski definition) is 2. The lowest BCUT2D eigenvalue weighted by molar-refractivity contribution is 0.300. The van der Waals surface area contributed by atoms with Crippen LogP contribution in [0.15, 0.2) is 0 Å². The molecule has 0 amide bonds. The maximum absolute atomic E-state index is 5.65. The third-order valence-corrected chi connectivity index (χ3v) is 5.55. The largest absolute Gasteiger partial charge is 0.308 e. The molecule has 2 atom stereocenters. The Labute approximate surface area is 129 Å². The fraction of sp³-hybridized carbons (Fsp3) is 0.600. The summed E-state index contributed by atoms with van der Waals surface area (Å²) in [6, 6.07) is 0. The fourth-order valence-electron chi connectivity index (χ4n) is 2.83. The van der Waals surface area contributed by atoms with Gasteiger partial charge < -0.3 is 5.43 Å². The topological polar surface area (TPSA) is 67.1 Å². The number of hydrazine groups is 1. The van der Waals surface area contributed by atoms with Crippen LogP contribution in [0.4, 0.5) is 5.82 Å². The quantitative estimate of drug-likeness (QED) is 0.656. The van der Waals surface area contributed by atoms with E-state index in [1.807, 2.05) is 0 Å². The molecule has 0 spiro atoms. The molecule has 1 aliphatic carbocycles. The predicted octanol–water partition coefficient (Wildman–Crippen LogP) is 2.68. The summed E-state index contributed by atoms with van der Waals surface area (Å²) in [7, 11) is 2.14. The third kappa shape index (κ3) is 2.88. The zero-order valence-corrected chi connectivity index (χ0v) is 13.9. The molecule has 2 aromatic rings. The molecule has 2 unspecified atom stereocenters. The SMILES string of the molecule is Cc1sc2nc(CN(C)CC3CC3C)nc(NN)c2c1C. The van der Waals surface area contributed by atoms with E-state index in [1.165, 1.54) is 16.9 Å². The van der Waals surface area contributed by atoms with E-state index in [0.717, 1.165) is 46.8 Å². The van der Waals surface area contributed by atoms with Gasteiger partial charge in [0.15, 0.2) is 5.82 Å². The van der Waals surface area contributed by atoms with Gasteiger partial charge in [-0.1, -0.05) is 6.92 Å². The van der Waals surface area contributed by atoms with Gasteiger partial charge in [-0.2, -0.15) is 0 Å². The second-order valence-electron chi connectivity index (χ2n) is 6.27. The van der Waals surface area contributed by atoms with Crippen molar-refractivity contribution >= 4 is 27.4 Å². The Balaban J connectivity index is 1.85. The molecule has 2 aromatic heterocycles. The van der Waals surface area contributed by atoms with Crippen molar-refractivity contribution in [2.45, 2.75) is 33.7 Å². The van der Waals surface area contributed by atoms with Crippen LogP contribution in [0.25, 0.3) is 10.2 Å². The molecule has 3 N–H and O–H groups in total. The number of hydrogen-bond acceptors (Lipinski definition) is 6. The number of nitrogens with two attached hydrogens (primary N) is 1. The van der Waals surface area contributed by atoms with Gasteiger partial charge >= 0.3 is 0 Å². The predicted molar refractivity (Wildman–Crippen MR) is 88.3 cm³/mol. The number of nitrogens with zero attached hydrogens (tertiary/aromatic N) is 3. The minimum Gasteiger partial charge on any atom is -0.308 e. The first-order valence-electron chi connectivity index (χ1n) is 7.41. The van der Waals surface area contributed by atoms with Crippen molar-refractivity contribution in [3.63, 3.8) is 0 Å². The molecule has 0 bridgehead atoms. The highest BCUT2D eigenvalue weighted by atomic mass is 32.1. The van der Waals surface area contributed by atoms with Crippen molar-refractivity contribution in [3.05, 3.63) is 16.3 Å². The molecule has 0 aliphatic heterocycles. The van der Waals surface area contributed by atoms with Gasteiger partial charge in [0.1, 0.15) is 10.7 Å². The molecule has 21 heavy (non-hydrogen) atoms. The van der Waals surface area contributed by atoms with E-state index >= 15 is 0 Å². The average molecular weight is 305 g/mol. The van der Waals surface area contributed by atoms with Crippen molar-refractivity contribution in [2.75, 3.05) is 19.0 Å². The summed E-state index contributed by atoms with van der Waals surface area (Å²) in [5.74, 6) is 8.95. The number of aromatic nitrogens is 2. The molecule has 3 rings (SSSR count). The summed E-state index contributed by atoms with van der Waals surface area (Å²) < 4.78 is 0. The van der Waals surface area contributed by atoms with E-state index in [0.29, 0.717) is 0 Å². The zero-order chi connectivity index (χ0) is 15.1. The minimum atomic E-state index is 0.741. The van der Waals surface area contributed by atoms with Crippen LogP contribution in [0, 0.1) is 25.7 Å². The minimum absolute atomic E-state index is 0.741. The number of nitrogen functional groups attached to an aromatic ring is 1. The van der Waals surface area contributed by atoms with E-state index in [-0.39, 0.29) is 0 Å². The van der Waals surface area contributed by atoms with Crippen molar-refractivity contribution in [1.29, 1.82) is 0 Å². The standard InChI is InChI=1S/C15H23N5S/c1-8-5-11(8)6-20(4)7-12-17-14(19-16)13-9(2)10(3)21-15(13)18-12/h8,11H,5-7,16H2,1-4H3,(H,17,18,19). The second kappa shape index (κ2) is 5.51. The Morgan fingerprint density at radius 2 is 2.10 bits per heavy atom. The van der Waals surface area contributed by atoms with Gasteiger partial charge in [0.2, 0.25) is 0 Å². The molecular formula is C15H23N5S. The summed E-state index contributed by atoms with van der Waals surface area (Å²) >= 11 is 1.71. The molecule has 1 saturated carbocycles. The summed E-state index contributed by atoms with van der Waals surface area (Å²) in [5.41, 5.74) is 3.95. The summed E-state index contributed by atoms with van der Waals surface area (Å²) in [4.78, 5) is 13.9. The Bertz CT molecular complexity index is 666. The molecule has 1 aliphatic rings. The van der Waals surface area contributed by atoms with E-state index < -0.39 is 0 Å². The van der Waals surface area contributed by atoms with Crippen LogP contribution in [-0.4, -0.2) is 28.5 Å². The summed E-state index contributed by atoms with van der Waals surface area (Å²) in [5, 5.41) is 1.06. The normalized spacial score (nSPS) is 21.2. The van der Waals surface area contributed by atoms with E-state index in [1.54, 1.807) is 11.3 Å². The van der Waals surface area contributed by atoms with Crippen LogP contribution in [-0.2, 0) is 6.54 Å². The van der Waals surface area contributed by atoms with Gasteiger partial charge in [-0.15, -0.1) is 11.3 Å². The molecule has 1 fully saturated rings. The van der Waals surface area contributed by atoms with Crippen LogP contribution in [0.3, 0.4) is 0 Å². The fourth-order valence-corrected chi connectivity index (χ4v) is 3.88. The molecule has 5 nitrogen and oxygen atoms in total. The Morgan fingerprint density at radius 1 is 1.38 bits per heavy atom. The molecular weight excluding hydrogens is 282 g/mol. The lowest BCUT2D eigenvalue weighted by atomic mass is 10.2. The van der Waals surface area contributed by atoms with Gasteiger partial charge in [-0.25, -0.2) is 15.8 Å². The first kappa shape index (κ1) is 14.7. The Hall–Kier alpha value is -1.24. The second-order valence-corrected chi connectivity index (χ2v) is 7.47. The maximum atomic E-state index is 5.65. The van der Waals surface area contributed by atoms with Crippen molar-refractivity contribution in [2.24, 2.45) is 17.7 Å². The van der Waals surface area contributed by atoms with Crippen LogP contribution in [0.5, 0.6) is 0 Å². The first-order valence-corrected chi connectivity index (χ1v) is 8.23. The first-order chi connectivity index (χ1) is 9.99. The van der Waals surface area contributed by atoms with Crippen LogP contribution in [0.2, 0.25) is 0 Å². The van der Waals surface area contributed by atoms with Crippen LogP contribution >= 0.6 is 11.3 Å². The number of aryl methyl sites for hydroxylation is 2. The van der Waals surface area contributed by atoms with Crippen LogP contribution < -0.4 is 11.3 Å². The lowest BCUT2D eigenvalue weighted by Crippen LogP contribution is -2.23. The summed E-state index contributed by atoms with van der Waals surface area (Å²) in [6.07, 6.45) is 1.35. The smallest absolute Gasteiger partial charge is 0.152 e. The molecule has 0 aromatic carbocycles. The lowest BCUT2D eigenvalue weighted by Gasteiger charge is -2.16. The number of fused-ring (bicyclic) bond motifs is 1. The Morgan fingerprint density at radius 3 is 2.71 bits per heavy atom. The molecule has 114 valence electrons. The number of nitrogens with one attached hydrogen (secondary N) is 1. The monoisotopic (exact) mass is 305 g/mol. The van der Waals surface area contributed by atoms with Gasteiger partial charge in [0, 0.05) is 11.4 Å². The van der Waals surface area contributed by atoms with E-state index in [4.69, 9.17) is 10.8 Å². The zero-order valence-electron chi connectivity index (χ0n) is 13.1. The molecule has 0 radical (unpaired) electrons. The number of thiophene rings is 1. The van der Waals surface area contributed by atoms with E-state index in [2.05, 4.69) is 43.1 Å². The molecule has 0 saturated heterocycles. The van der Waals surface area contributed by atoms with Gasteiger partial charge in [-0.3, -0.25) is 4.90 Å². The maximum Gasteiger partial charge on any atom is 0.152 e. The highest BCUT2D eigenvalue weighted by Gasteiger charge is 2.33. The highest BCUT2D eigenvalue weighted by Crippen LogP contribution is 2.38. The third-order valence-electron chi connectivity index (χ3n) is 4.45. The number of anilines is 1. The Kier molecular flexibility index (Phi) is 3.86. The average Bonchev–Trinajstić information content (AvgIpc) is 3.03.